The Hall–Kier alpha value is -2.32. The molecule has 17 heavy (non-hydrogen) atoms. The molecule has 0 atom stereocenters. The minimum absolute atomic E-state index is 0.376. The van der Waals surface area contributed by atoms with Crippen LogP contribution < -0.4 is 0 Å². The summed E-state index contributed by atoms with van der Waals surface area (Å²) in [6, 6.07) is 13.9. The Morgan fingerprint density at radius 3 is 1.65 bits per heavy atom. The van der Waals surface area contributed by atoms with Crippen molar-refractivity contribution in [1.29, 1.82) is 0 Å². The molecular formula is C13H8F2N2. The van der Waals surface area contributed by atoms with Gasteiger partial charge in [0.25, 0.3) is 0 Å². The maximum absolute atomic E-state index is 12.8. The maximum Gasteiger partial charge on any atom is 0.125 e. The molecule has 84 valence electrons. The molecule has 0 bridgehead atoms. The van der Waals surface area contributed by atoms with E-state index in [-0.39, 0.29) is 11.6 Å². The lowest BCUT2D eigenvalue weighted by Gasteiger charge is -1.90. The van der Waals surface area contributed by atoms with Crippen LogP contribution in [0.4, 0.5) is 20.2 Å². The molecule has 2 aromatic carbocycles. The molecule has 2 nitrogen and oxygen atoms in total. The zero-order valence-electron chi connectivity index (χ0n) is 8.77. The standard InChI is InChI=1S/C13H8F2N2/c14-10-3-1-5-12(7-10)16-9-17-13-6-2-4-11(15)8-13/h1-8H. The number of benzene rings is 2. The fourth-order valence-corrected chi connectivity index (χ4v) is 1.23. The fraction of sp³-hybridized carbons (Fsp3) is 0. The fourth-order valence-electron chi connectivity index (χ4n) is 1.23. The average molecular weight is 230 g/mol. The van der Waals surface area contributed by atoms with Crippen LogP contribution in [0.2, 0.25) is 0 Å². The van der Waals surface area contributed by atoms with Crippen LogP contribution in [0.15, 0.2) is 58.5 Å². The van der Waals surface area contributed by atoms with E-state index in [0.29, 0.717) is 11.4 Å². The van der Waals surface area contributed by atoms with E-state index >= 15 is 0 Å². The molecule has 0 saturated heterocycles. The van der Waals surface area contributed by atoms with Gasteiger partial charge in [0.1, 0.15) is 17.6 Å². The van der Waals surface area contributed by atoms with Gasteiger partial charge in [0.15, 0.2) is 0 Å². The summed E-state index contributed by atoms with van der Waals surface area (Å²) in [5, 5.41) is 0. The van der Waals surface area contributed by atoms with Crippen LogP contribution in [0.1, 0.15) is 0 Å². The molecular weight excluding hydrogens is 222 g/mol. The second-order valence-corrected chi connectivity index (χ2v) is 3.28. The van der Waals surface area contributed by atoms with Gasteiger partial charge in [-0.05, 0) is 24.3 Å². The minimum Gasteiger partial charge on any atom is -0.207 e. The third-order valence-electron chi connectivity index (χ3n) is 1.97. The van der Waals surface area contributed by atoms with Crippen LogP contribution in [-0.2, 0) is 0 Å². The highest BCUT2D eigenvalue weighted by Gasteiger charge is 1.91. The van der Waals surface area contributed by atoms with Gasteiger partial charge in [-0.15, -0.1) is 0 Å². The van der Waals surface area contributed by atoms with Crippen LogP contribution in [0.25, 0.3) is 0 Å². The first-order valence-corrected chi connectivity index (χ1v) is 4.92. The van der Waals surface area contributed by atoms with Gasteiger partial charge in [-0.3, -0.25) is 0 Å². The zero-order valence-corrected chi connectivity index (χ0v) is 8.77. The monoisotopic (exact) mass is 230 g/mol. The molecule has 0 aromatic heterocycles. The average Bonchev–Trinajstić information content (AvgIpc) is 2.29. The summed E-state index contributed by atoms with van der Waals surface area (Å²) < 4.78 is 25.6. The zero-order chi connectivity index (χ0) is 12.1. The van der Waals surface area contributed by atoms with Crippen molar-refractivity contribution >= 4 is 17.4 Å². The number of nitrogens with zero attached hydrogens (tertiary/aromatic N) is 2. The highest BCUT2D eigenvalue weighted by atomic mass is 19.1. The first-order chi connectivity index (χ1) is 8.24. The van der Waals surface area contributed by atoms with E-state index in [1.807, 2.05) is 0 Å². The summed E-state index contributed by atoms with van der Waals surface area (Å²) in [5.41, 5.74) is 0.815. The number of aliphatic imine (C=N–C) groups is 2. The van der Waals surface area contributed by atoms with Crippen molar-refractivity contribution in [3.63, 3.8) is 0 Å². The molecule has 0 unspecified atom stereocenters. The summed E-state index contributed by atoms with van der Waals surface area (Å²) >= 11 is 0. The van der Waals surface area contributed by atoms with Crippen molar-refractivity contribution in [2.24, 2.45) is 9.98 Å². The molecule has 0 aliphatic heterocycles. The van der Waals surface area contributed by atoms with Gasteiger partial charge in [0, 0.05) is 12.1 Å². The van der Waals surface area contributed by atoms with Gasteiger partial charge in [-0.1, -0.05) is 12.1 Å². The van der Waals surface area contributed by atoms with Gasteiger partial charge in [0.2, 0.25) is 0 Å². The molecule has 0 aliphatic rings. The molecule has 2 aromatic rings. The van der Waals surface area contributed by atoms with Crippen molar-refractivity contribution in [1.82, 2.24) is 0 Å². The lowest BCUT2D eigenvalue weighted by molar-refractivity contribution is 0.628. The van der Waals surface area contributed by atoms with Gasteiger partial charge in [-0.2, -0.15) is 9.98 Å². The highest BCUT2D eigenvalue weighted by Crippen LogP contribution is 2.14. The summed E-state index contributed by atoms with van der Waals surface area (Å²) in [6.07, 6.45) is 0. The third-order valence-corrected chi connectivity index (χ3v) is 1.97. The van der Waals surface area contributed by atoms with E-state index in [1.54, 1.807) is 12.1 Å². The summed E-state index contributed by atoms with van der Waals surface area (Å²) in [4.78, 5) is 7.63. The van der Waals surface area contributed by atoms with E-state index < -0.39 is 0 Å². The van der Waals surface area contributed by atoms with E-state index in [9.17, 15) is 8.78 Å². The number of hydrogen-bond acceptors (Lipinski definition) is 2. The summed E-state index contributed by atoms with van der Waals surface area (Å²) in [7, 11) is 0. The quantitative estimate of drug-likeness (QED) is 0.694. The van der Waals surface area contributed by atoms with Crippen LogP contribution in [0.5, 0.6) is 0 Å². The Morgan fingerprint density at radius 2 is 1.24 bits per heavy atom. The molecule has 0 spiro atoms. The van der Waals surface area contributed by atoms with Crippen molar-refractivity contribution < 1.29 is 8.78 Å². The van der Waals surface area contributed by atoms with Gasteiger partial charge >= 0.3 is 0 Å². The molecule has 2 rings (SSSR count). The number of rotatable bonds is 2. The first-order valence-electron chi connectivity index (χ1n) is 4.92. The molecule has 0 aliphatic carbocycles. The Kier molecular flexibility index (Phi) is 3.38. The van der Waals surface area contributed by atoms with Crippen LogP contribution in [0.3, 0.4) is 0 Å². The van der Waals surface area contributed by atoms with E-state index in [1.165, 1.54) is 36.4 Å². The van der Waals surface area contributed by atoms with Crippen molar-refractivity contribution in [2.45, 2.75) is 0 Å². The summed E-state index contributed by atoms with van der Waals surface area (Å²) in [5.74, 6) is -0.752. The molecule has 4 heteroatoms. The maximum atomic E-state index is 12.8. The van der Waals surface area contributed by atoms with Gasteiger partial charge in [0.05, 0.1) is 11.4 Å². The molecule has 0 heterocycles. The highest BCUT2D eigenvalue weighted by molar-refractivity contribution is 5.57. The molecule has 0 fully saturated rings. The molecule has 0 amide bonds. The molecule has 0 saturated carbocycles. The Bertz CT molecular complexity index is 538. The second kappa shape index (κ2) is 5.14. The SMILES string of the molecule is Fc1cccc(N=C=Nc2cccc(F)c2)c1. The Balaban J connectivity index is 2.21. The predicted octanol–water partition coefficient (Wildman–Crippen LogP) is 4.10. The second-order valence-electron chi connectivity index (χ2n) is 3.28. The van der Waals surface area contributed by atoms with Crippen LogP contribution in [0, 0.1) is 11.6 Å². The van der Waals surface area contributed by atoms with Crippen molar-refractivity contribution in [3.05, 3.63) is 60.2 Å². The molecule has 0 N–H and O–H groups in total. The lowest BCUT2D eigenvalue weighted by atomic mass is 10.3. The Labute approximate surface area is 97.0 Å². The largest absolute Gasteiger partial charge is 0.207 e. The van der Waals surface area contributed by atoms with Crippen LogP contribution >= 0.6 is 0 Å². The molecule has 0 radical (unpaired) electrons. The Morgan fingerprint density at radius 1 is 0.765 bits per heavy atom. The van der Waals surface area contributed by atoms with Crippen molar-refractivity contribution in [3.8, 4) is 0 Å². The summed E-state index contributed by atoms with van der Waals surface area (Å²) in [6.45, 7) is 0. The first kappa shape index (κ1) is 11.2. The number of halogens is 2. The van der Waals surface area contributed by atoms with E-state index in [0.717, 1.165) is 0 Å². The lowest BCUT2D eigenvalue weighted by Crippen LogP contribution is -1.71. The minimum atomic E-state index is -0.376. The third kappa shape index (κ3) is 3.33. The number of hydrogen-bond donors (Lipinski definition) is 0. The van der Waals surface area contributed by atoms with Crippen LogP contribution in [-0.4, -0.2) is 6.01 Å². The van der Waals surface area contributed by atoms with Gasteiger partial charge < -0.3 is 0 Å². The van der Waals surface area contributed by atoms with Gasteiger partial charge in [-0.25, -0.2) is 8.78 Å². The topological polar surface area (TPSA) is 24.7 Å². The van der Waals surface area contributed by atoms with Crippen molar-refractivity contribution in [2.75, 3.05) is 0 Å². The smallest absolute Gasteiger partial charge is 0.125 e. The van der Waals surface area contributed by atoms with E-state index in [4.69, 9.17) is 0 Å². The normalized spacial score (nSPS) is 9.53. The predicted molar refractivity (Wildman–Crippen MR) is 62.0 cm³/mol. The van der Waals surface area contributed by atoms with E-state index in [2.05, 4.69) is 16.0 Å².